The summed E-state index contributed by atoms with van der Waals surface area (Å²) in [6.07, 6.45) is 10.8. The molecule has 0 spiro atoms. The van der Waals surface area contributed by atoms with Crippen LogP contribution in [0.5, 0.6) is 0 Å². The molecule has 3 heterocycles. The molecule has 0 bridgehead atoms. The van der Waals surface area contributed by atoms with Gasteiger partial charge in [0.2, 0.25) is 0 Å². The fraction of sp³-hybridized carbons (Fsp3) is 0.273. The van der Waals surface area contributed by atoms with E-state index in [4.69, 9.17) is 11.6 Å². The molecule has 3 aromatic heterocycles. The van der Waals surface area contributed by atoms with Gasteiger partial charge in [-0.3, -0.25) is 0 Å². The molecule has 0 atom stereocenters. The van der Waals surface area contributed by atoms with E-state index in [-0.39, 0.29) is 5.82 Å². The van der Waals surface area contributed by atoms with Gasteiger partial charge in [0.15, 0.2) is 5.82 Å². The van der Waals surface area contributed by atoms with E-state index in [9.17, 15) is 4.39 Å². The Bertz CT molecular complexity index is 1140. The second-order valence-electron chi connectivity index (χ2n) is 7.47. The van der Waals surface area contributed by atoms with Crippen LogP contribution < -0.4 is 16.9 Å². The number of nitrogens with zero attached hydrogens (tertiary/aromatic N) is 5. The molecule has 9 heteroatoms. The number of fused-ring (bicyclic) bond motifs is 1. The first-order valence-corrected chi connectivity index (χ1v) is 9.95. The van der Waals surface area contributed by atoms with Gasteiger partial charge in [0, 0.05) is 43.6 Å². The zero-order chi connectivity index (χ0) is 22.5. The van der Waals surface area contributed by atoms with E-state index in [2.05, 4.69) is 21.9 Å². The van der Waals surface area contributed by atoms with Crippen LogP contribution in [-0.4, -0.2) is 30.5 Å². The van der Waals surface area contributed by atoms with Crippen LogP contribution in [0.3, 0.4) is 0 Å². The summed E-state index contributed by atoms with van der Waals surface area (Å²) in [5, 5.41) is 4.66. The Kier molecular flexibility index (Phi) is 6.88. The standard InChI is InChI=1S/C22H29FN8/c1-5-7-29-12-18(28-22(29)15(2)3)13-31(25)11-17(24)9-26-10-19-21-20(23)16(4)6-8-30(21)14-27-19/h5-8,11-12,14,26H,2,9-10,13,24-25H2,1,3-4H3/b7-5-,17-11-. The summed E-state index contributed by atoms with van der Waals surface area (Å²) in [6, 6.07) is 1.72. The van der Waals surface area contributed by atoms with Gasteiger partial charge in [-0.05, 0) is 38.0 Å². The third-order valence-corrected chi connectivity index (χ3v) is 4.68. The van der Waals surface area contributed by atoms with Crippen molar-refractivity contribution >= 4 is 17.3 Å². The number of aryl methyl sites for hydroxylation is 1. The van der Waals surface area contributed by atoms with Crippen LogP contribution in [0.25, 0.3) is 17.3 Å². The van der Waals surface area contributed by atoms with Crippen molar-refractivity contribution < 1.29 is 4.39 Å². The number of nitrogens with two attached hydrogens (primary N) is 2. The maximum absolute atomic E-state index is 14.4. The predicted molar refractivity (Wildman–Crippen MR) is 122 cm³/mol. The number of hydrogen-bond acceptors (Lipinski definition) is 6. The maximum atomic E-state index is 14.4. The lowest BCUT2D eigenvalue weighted by atomic mass is 10.2. The van der Waals surface area contributed by atoms with Gasteiger partial charge in [0.25, 0.3) is 0 Å². The van der Waals surface area contributed by atoms with Crippen molar-refractivity contribution in [3.63, 3.8) is 0 Å². The minimum atomic E-state index is -0.264. The summed E-state index contributed by atoms with van der Waals surface area (Å²) in [7, 11) is 0. The number of aromatic nitrogens is 4. The number of pyridine rings is 1. The number of imidazole rings is 2. The van der Waals surface area contributed by atoms with Crippen LogP contribution in [0.2, 0.25) is 0 Å². The Morgan fingerprint density at radius 3 is 2.90 bits per heavy atom. The van der Waals surface area contributed by atoms with Crippen molar-refractivity contribution in [2.24, 2.45) is 11.6 Å². The molecule has 3 rings (SSSR count). The zero-order valence-electron chi connectivity index (χ0n) is 18.1. The van der Waals surface area contributed by atoms with E-state index < -0.39 is 0 Å². The smallest absolute Gasteiger partial charge is 0.152 e. The van der Waals surface area contributed by atoms with Gasteiger partial charge in [0.1, 0.15) is 11.3 Å². The summed E-state index contributed by atoms with van der Waals surface area (Å²) in [6.45, 7) is 10.7. The van der Waals surface area contributed by atoms with E-state index in [0.717, 1.165) is 17.1 Å². The Morgan fingerprint density at radius 2 is 2.19 bits per heavy atom. The Labute approximate surface area is 181 Å². The van der Waals surface area contributed by atoms with Gasteiger partial charge < -0.3 is 25.0 Å². The van der Waals surface area contributed by atoms with Crippen LogP contribution in [-0.2, 0) is 13.1 Å². The van der Waals surface area contributed by atoms with Gasteiger partial charge in [-0.1, -0.05) is 12.7 Å². The minimum Gasteiger partial charge on any atom is -0.400 e. The van der Waals surface area contributed by atoms with Crippen molar-refractivity contribution in [1.29, 1.82) is 0 Å². The molecule has 0 fully saturated rings. The van der Waals surface area contributed by atoms with Gasteiger partial charge in [-0.2, -0.15) is 0 Å². The Balaban J connectivity index is 1.59. The van der Waals surface area contributed by atoms with E-state index in [0.29, 0.717) is 42.1 Å². The molecule has 0 saturated carbocycles. The number of halogens is 1. The van der Waals surface area contributed by atoms with Crippen LogP contribution in [0.1, 0.15) is 36.6 Å². The number of hydrazine groups is 1. The number of hydrogen-bond donors (Lipinski definition) is 3. The van der Waals surface area contributed by atoms with Crippen molar-refractivity contribution in [2.75, 3.05) is 6.54 Å². The van der Waals surface area contributed by atoms with Crippen LogP contribution in [0.4, 0.5) is 4.39 Å². The fourth-order valence-corrected chi connectivity index (χ4v) is 3.26. The van der Waals surface area contributed by atoms with Gasteiger partial charge in [0.05, 0.1) is 24.3 Å². The molecular weight excluding hydrogens is 395 g/mol. The lowest BCUT2D eigenvalue weighted by molar-refractivity contribution is 0.377. The second kappa shape index (κ2) is 9.59. The van der Waals surface area contributed by atoms with E-state index >= 15 is 0 Å². The van der Waals surface area contributed by atoms with Gasteiger partial charge in [-0.25, -0.2) is 20.2 Å². The van der Waals surface area contributed by atoms with Crippen molar-refractivity contribution in [2.45, 2.75) is 33.9 Å². The molecule has 0 aliphatic heterocycles. The second-order valence-corrected chi connectivity index (χ2v) is 7.47. The fourth-order valence-electron chi connectivity index (χ4n) is 3.26. The SMILES string of the molecule is C=C(C)c1nc(CN(N)/C=C(\N)CNCc2ncn3ccc(C)c(F)c23)cn1/C=C\C. The molecule has 0 aliphatic carbocycles. The summed E-state index contributed by atoms with van der Waals surface area (Å²) < 4.78 is 18.0. The average Bonchev–Trinajstić information content (AvgIpc) is 3.29. The number of rotatable bonds is 9. The first kappa shape index (κ1) is 22.3. The van der Waals surface area contributed by atoms with Crippen molar-refractivity contribution in [3.8, 4) is 0 Å². The third-order valence-electron chi connectivity index (χ3n) is 4.68. The highest BCUT2D eigenvalue weighted by molar-refractivity contribution is 5.57. The van der Waals surface area contributed by atoms with E-state index in [1.54, 1.807) is 36.1 Å². The van der Waals surface area contributed by atoms with Crippen LogP contribution >= 0.6 is 0 Å². The molecule has 164 valence electrons. The quantitative estimate of drug-likeness (QED) is 0.361. The van der Waals surface area contributed by atoms with E-state index in [1.807, 2.05) is 36.9 Å². The average molecular weight is 425 g/mol. The molecule has 3 aromatic rings. The molecule has 0 saturated heterocycles. The highest BCUT2D eigenvalue weighted by atomic mass is 19.1. The highest BCUT2D eigenvalue weighted by Gasteiger charge is 2.12. The normalized spacial score (nSPS) is 12.2. The third kappa shape index (κ3) is 5.19. The molecule has 0 aromatic carbocycles. The lowest BCUT2D eigenvalue weighted by Crippen LogP contribution is -2.29. The largest absolute Gasteiger partial charge is 0.400 e. The monoisotopic (exact) mass is 424 g/mol. The number of nitrogens with one attached hydrogen (secondary N) is 1. The molecule has 8 nitrogen and oxygen atoms in total. The van der Waals surface area contributed by atoms with Gasteiger partial charge >= 0.3 is 0 Å². The molecule has 31 heavy (non-hydrogen) atoms. The van der Waals surface area contributed by atoms with Crippen molar-refractivity contribution in [1.82, 2.24) is 29.3 Å². The maximum Gasteiger partial charge on any atom is 0.152 e. The Hall–Kier alpha value is -3.43. The zero-order valence-corrected chi connectivity index (χ0v) is 18.1. The van der Waals surface area contributed by atoms with Crippen LogP contribution in [0, 0.1) is 12.7 Å². The van der Waals surface area contributed by atoms with Crippen LogP contribution in [0.15, 0.2) is 49.3 Å². The predicted octanol–water partition coefficient (Wildman–Crippen LogP) is 2.77. The highest BCUT2D eigenvalue weighted by Crippen LogP contribution is 2.17. The van der Waals surface area contributed by atoms with E-state index in [1.165, 1.54) is 5.01 Å². The molecule has 5 N–H and O–H groups in total. The number of allylic oxidation sites excluding steroid dienone is 2. The topological polar surface area (TPSA) is 102 Å². The first-order chi connectivity index (χ1) is 14.8. The minimum absolute atomic E-state index is 0.264. The summed E-state index contributed by atoms with van der Waals surface area (Å²) in [5.74, 6) is 6.61. The summed E-state index contributed by atoms with van der Waals surface area (Å²) >= 11 is 0. The molecular formula is C22H29FN8. The molecule has 0 aliphatic rings. The first-order valence-electron chi connectivity index (χ1n) is 9.95. The summed E-state index contributed by atoms with van der Waals surface area (Å²) in [4.78, 5) is 8.87. The molecule has 0 radical (unpaired) electrons. The van der Waals surface area contributed by atoms with Gasteiger partial charge in [-0.15, -0.1) is 0 Å². The molecule has 0 unspecified atom stereocenters. The lowest BCUT2D eigenvalue weighted by Gasteiger charge is -2.14. The molecule has 0 amide bonds. The summed E-state index contributed by atoms with van der Waals surface area (Å²) in [5.41, 5.74) is 9.97. The van der Waals surface area contributed by atoms with Crippen molar-refractivity contribution in [3.05, 3.63) is 77.9 Å². The Morgan fingerprint density at radius 1 is 1.42 bits per heavy atom.